The normalized spacial score (nSPS) is 10.3. The van der Waals surface area contributed by atoms with Gasteiger partial charge in [-0.15, -0.1) is 0 Å². The number of rotatable bonds is 4. The fraction of sp³-hybridized carbons (Fsp3) is 0.188. The molecule has 0 spiro atoms. The van der Waals surface area contributed by atoms with Crippen LogP contribution >= 0.6 is 11.6 Å². The Bertz CT molecular complexity index is 544. The van der Waals surface area contributed by atoms with Gasteiger partial charge in [0.05, 0.1) is 0 Å². The van der Waals surface area contributed by atoms with Gasteiger partial charge in [0.2, 0.25) is 0 Å². The van der Waals surface area contributed by atoms with E-state index in [2.05, 4.69) is 19.1 Å². The fourth-order valence-corrected chi connectivity index (χ4v) is 2.19. The predicted molar refractivity (Wildman–Crippen MR) is 76.3 cm³/mol. The molecular formula is C16H15ClO. The SMILES string of the molecule is CCCc1ccc(-c2cc(Cl)ccc2C=O)cc1. The topological polar surface area (TPSA) is 17.1 Å². The summed E-state index contributed by atoms with van der Waals surface area (Å²) < 4.78 is 0. The average molecular weight is 259 g/mol. The molecule has 0 aliphatic carbocycles. The molecule has 0 amide bonds. The van der Waals surface area contributed by atoms with Crippen LogP contribution in [0.1, 0.15) is 29.3 Å². The van der Waals surface area contributed by atoms with Crippen LogP contribution < -0.4 is 0 Å². The molecule has 0 aromatic heterocycles. The minimum absolute atomic E-state index is 0.647. The summed E-state index contributed by atoms with van der Waals surface area (Å²) in [5, 5.41) is 0.647. The first-order valence-electron chi connectivity index (χ1n) is 6.08. The van der Waals surface area contributed by atoms with E-state index in [1.54, 1.807) is 12.1 Å². The molecule has 1 nitrogen and oxygen atoms in total. The third-order valence-corrected chi connectivity index (χ3v) is 3.18. The lowest BCUT2D eigenvalue weighted by Gasteiger charge is -2.07. The Balaban J connectivity index is 2.41. The van der Waals surface area contributed by atoms with Crippen LogP contribution in [0.15, 0.2) is 42.5 Å². The lowest BCUT2D eigenvalue weighted by atomic mass is 9.98. The molecule has 0 aliphatic heterocycles. The molecule has 2 aromatic rings. The highest BCUT2D eigenvalue weighted by Crippen LogP contribution is 2.26. The Labute approximate surface area is 112 Å². The van der Waals surface area contributed by atoms with Gasteiger partial charge >= 0.3 is 0 Å². The summed E-state index contributed by atoms with van der Waals surface area (Å²) in [4.78, 5) is 11.0. The number of hydrogen-bond acceptors (Lipinski definition) is 1. The first-order valence-corrected chi connectivity index (χ1v) is 6.46. The van der Waals surface area contributed by atoms with Crippen molar-refractivity contribution in [2.45, 2.75) is 19.8 Å². The summed E-state index contributed by atoms with van der Waals surface area (Å²) in [6, 6.07) is 13.6. The van der Waals surface area contributed by atoms with Gasteiger partial charge in [0.25, 0.3) is 0 Å². The van der Waals surface area contributed by atoms with Crippen LogP contribution in [0.5, 0.6) is 0 Å². The molecule has 0 bridgehead atoms. The van der Waals surface area contributed by atoms with Crippen molar-refractivity contribution in [3.8, 4) is 11.1 Å². The summed E-state index contributed by atoms with van der Waals surface area (Å²) in [6.45, 7) is 2.16. The lowest BCUT2D eigenvalue weighted by Crippen LogP contribution is -1.89. The minimum atomic E-state index is 0.647. The van der Waals surface area contributed by atoms with E-state index in [1.165, 1.54) is 5.56 Å². The minimum Gasteiger partial charge on any atom is -0.298 e. The summed E-state index contributed by atoms with van der Waals surface area (Å²) in [7, 11) is 0. The number of carbonyl (C=O) groups is 1. The highest BCUT2D eigenvalue weighted by Gasteiger charge is 2.05. The zero-order valence-corrected chi connectivity index (χ0v) is 11.1. The number of aldehydes is 1. The number of hydrogen-bond donors (Lipinski definition) is 0. The second-order valence-corrected chi connectivity index (χ2v) is 4.73. The van der Waals surface area contributed by atoms with Crippen molar-refractivity contribution >= 4 is 17.9 Å². The van der Waals surface area contributed by atoms with Gasteiger partial charge in [0.1, 0.15) is 0 Å². The number of halogens is 1. The molecule has 0 heterocycles. The van der Waals surface area contributed by atoms with Crippen LogP contribution in [-0.4, -0.2) is 6.29 Å². The van der Waals surface area contributed by atoms with Gasteiger partial charge in [-0.05, 0) is 41.3 Å². The maximum Gasteiger partial charge on any atom is 0.150 e. The van der Waals surface area contributed by atoms with Gasteiger partial charge in [-0.2, -0.15) is 0 Å². The standard InChI is InChI=1S/C16H15ClO/c1-2-3-12-4-6-13(7-5-12)16-10-15(17)9-8-14(16)11-18/h4-11H,2-3H2,1H3. The lowest BCUT2D eigenvalue weighted by molar-refractivity contribution is 0.112. The largest absolute Gasteiger partial charge is 0.298 e. The van der Waals surface area contributed by atoms with Crippen LogP contribution in [0, 0.1) is 0 Å². The van der Waals surface area contributed by atoms with E-state index in [9.17, 15) is 4.79 Å². The van der Waals surface area contributed by atoms with Gasteiger partial charge < -0.3 is 0 Å². The summed E-state index contributed by atoms with van der Waals surface area (Å²) in [5.41, 5.74) is 3.90. The molecule has 0 saturated heterocycles. The molecule has 92 valence electrons. The van der Waals surface area contributed by atoms with E-state index in [0.29, 0.717) is 10.6 Å². The molecule has 2 heteroatoms. The zero-order chi connectivity index (χ0) is 13.0. The van der Waals surface area contributed by atoms with Crippen molar-refractivity contribution in [2.24, 2.45) is 0 Å². The zero-order valence-electron chi connectivity index (χ0n) is 10.3. The molecule has 0 radical (unpaired) electrons. The Morgan fingerprint density at radius 2 is 1.83 bits per heavy atom. The Hall–Kier alpha value is -1.60. The first-order chi connectivity index (χ1) is 8.74. The number of benzene rings is 2. The fourth-order valence-electron chi connectivity index (χ4n) is 2.02. The van der Waals surface area contributed by atoms with E-state index in [-0.39, 0.29) is 0 Å². The van der Waals surface area contributed by atoms with Crippen molar-refractivity contribution < 1.29 is 4.79 Å². The van der Waals surface area contributed by atoms with Gasteiger partial charge in [-0.3, -0.25) is 4.79 Å². The van der Waals surface area contributed by atoms with E-state index >= 15 is 0 Å². The second kappa shape index (κ2) is 5.83. The molecule has 0 fully saturated rings. The highest BCUT2D eigenvalue weighted by atomic mass is 35.5. The van der Waals surface area contributed by atoms with Crippen LogP contribution in [0.25, 0.3) is 11.1 Å². The molecule has 2 aromatic carbocycles. The Morgan fingerprint density at radius 1 is 1.11 bits per heavy atom. The van der Waals surface area contributed by atoms with Crippen molar-refractivity contribution in [1.29, 1.82) is 0 Å². The molecule has 0 N–H and O–H groups in total. The van der Waals surface area contributed by atoms with E-state index in [4.69, 9.17) is 11.6 Å². The highest BCUT2D eigenvalue weighted by molar-refractivity contribution is 6.31. The van der Waals surface area contributed by atoms with Crippen molar-refractivity contribution in [3.05, 3.63) is 58.6 Å². The maximum atomic E-state index is 11.0. The van der Waals surface area contributed by atoms with Crippen LogP contribution in [-0.2, 0) is 6.42 Å². The summed E-state index contributed by atoms with van der Waals surface area (Å²) in [5.74, 6) is 0. The third-order valence-electron chi connectivity index (χ3n) is 2.95. The second-order valence-electron chi connectivity index (χ2n) is 4.30. The monoisotopic (exact) mass is 258 g/mol. The molecule has 2 rings (SSSR count). The molecule has 0 unspecified atom stereocenters. The third kappa shape index (κ3) is 2.80. The number of carbonyl (C=O) groups excluding carboxylic acids is 1. The van der Waals surface area contributed by atoms with Gasteiger partial charge in [0, 0.05) is 10.6 Å². The molecular weight excluding hydrogens is 244 g/mol. The summed E-state index contributed by atoms with van der Waals surface area (Å²) >= 11 is 5.99. The first kappa shape index (κ1) is 12.8. The summed E-state index contributed by atoms with van der Waals surface area (Å²) in [6.07, 6.45) is 3.08. The molecule has 0 saturated carbocycles. The molecule has 18 heavy (non-hydrogen) atoms. The van der Waals surface area contributed by atoms with Crippen LogP contribution in [0.4, 0.5) is 0 Å². The van der Waals surface area contributed by atoms with Crippen molar-refractivity contribution in [2.75, 3.05) is 0 Å². The van der Waals surface area contributed by atoms with Gasteiger partial charge in [0.15, 0.2) is 6.29 Å². The Kier molecular flexibility index (Phi) is 4.16. The van der Waals surface area contributed by atoms with Crippen molar-refractivity contribution in [1.82, 2.24) is 0 Å². The van der Waals surface area contributed by atoms with Crippen molar-refractivity contribution in [3.63, 3.8) is 0 Å². The Morgan fingerprint density at radius 3 is 2.44 bits per heavy atom. The maximum absolute atomic E-state index is 11.0. The van der Waals surface area contributed by atoms with Gasteiger partial charge in [-0.1, -0.05) is 49.2 Å². The van der Waals surface area contributed by atoms with Gasteiger partial charge in [-0.25, -0.2) is 0 Å². The predicted octanol–water partition coefficient (Wildman–Crippen LogP) is 4.77. The molecule has 0 atom stereocenters. The van der Waals surface area contributed by atoms with Crippen LogP contribution in [0.3, 0.4) is 0 Å². The number of aryl methyl sites for hydroxylation is 1. The average Bonchev–Trinajstić information content (AvgIpc) is 2.40. The van der Waals surface area contributed by atoms with E-state index in [1.807, 2.05) is 18.2 Å². The van der Waals surface area contributed by atoms with Crippen LogP contribution in [0.2, 0.25) is 5.02 Å². The molecule has 0 aliphatic rings. The smallest absolute Gasteiger partial charge is 0.150 e. The van der Waals surface area contributed by atoms with E-state index < -0.39 is 0 Å². The van der Waals surface area contributed by atoms with E-state index in [0.717, 1.165) is 30.3 Å². The quantitative estimate of drug-likeness (QED) is 0.722.